The van der Waals surface area contributed by atoms with Crippen LogP contribution in [-0.4, -0.2) is 13.0 Å². The molecule has 0 bridgehead atoms. The van der Waals surface area contributed by atoms with Gasteiger partial charge in [0, 0.05) is 9.17 Å². The summed E-state index contributed by atoms with van der Waals surface area (Å²) in [5, 5.41) is 0.803. The Morgan fingerprint density at radius 3 is 2.64 bits per heavy atom. The van der Waals surface area contributed by atoms with E-state index in [0.29, 0.717) is 0 Å². The highest BCUT2D eigenvalue weighted by atomic mass is 79.9. The van der Waals surface area contributed by atoms with E-state index in [4.69, 9.17) is 4.55 Å². The average molecular weight is 293 g/mol. The molecule has 0 fully saturated rings. The Morgan fingerprint density at radius 1 is 1.29 bits per heavy atom. The van der Waals surface area contributed by atoms with Crippen LogP contribution in [0.4, 0.5) is 0 Å². The second-order valence-corrected chi connectivity index (χ2v) is 6.37. The van der Waals surface area contributed by atoms with E-state index < -0.39 is 10.1 Å². The molecule has 2 rings (SSSR count). The summed E-state index contributed by atoms with van der Waals surface area (Å²) in [6.07, 6.45) is 0. The normalized spacial score (nSPS) is 12.1. The van der Waals surface area contributed by atoms with Crippen LogP contribution >= 0.6 is 27.3 Å². The van der Waals surface area contributed by atoms with Gasteiger partial charge in [0.05, 0.1) is 0 Å². The smallest absolute Gasteiger partial charge is 0.281 e. The van der Waals surface area contributed by atoms with E-state index in [1.165, 1.54) is 6.07 Å². The second kappa shape index (κ2) is 3.30. The van der Waals surface area contributed by atoms with Crippen molar-refractivity contribution in [3.8, 4) is 0 Å². The topological polar surface area (TPSA) is 54.4 Å². The third kappa shape index (κ3) is 1.83. The van der Waals surface area contributed by atoms with E-state index in [0.717, 1.165) is 25.9 Å². The molecular formula is C8H5BrO3S2. The molecule has 1 aromatic carbocycles. The van der Waals surface area contributed by atoms with Gasteiger partial charge in [-0.25, -0.2) is 0 Å². The zero-order valence-corrected chi connectivity index (χ0v) is 9.99. The fourth-order valence-corrected chi connectivity index (χ4v) is 3.24. The van der Waals surface area contributed by atoms with Crippen LogP contribution in [0.25, 0.3) is 10.1 Å². The number of hydrogen-bond donors (Lipinski definition) is 1. The lowest BCUT2D eigenvalue weighted by atomic mass is 10.3. The fourth-order valence-electron chi connectivity index (χ4n) is 1.12. The minimum Gasteiger partial charge on any atom is -0.281 e. The van der Waals surface area contributed by atoms with Gasteiger partial charge in [-0.1, -0.05) is 15.9 Å². The number of hydrogen-bond acceptors (Lipinski definition) is 3. The first-order valence-electron chi connectivity index (χ1n) is 3.63. The first-order valence-corrected chi connectivity index (χ1v) is 6.68. The highest BCUT2D eigenvalue weighted by molar-refractivity contribution is 9.10. The molecule has 0 saturated heterocycles. The fraction of sp³-hybridized carbons (Fsp3) is 0. The van der Waals surface area contributed by atoms with Gasteiger partial charge in [0.1, 0.15) is 4.21 Å². The monoisotopic (exact) mass is 292 g/mol. The zero-order valence-electron chi connectivity index (χ0n) is 6.77. The van der Waals surface area contributed by atoms with Crippen molar-refractivity contribution in [1.29, 1.82) is 0 Å². The first kappa shape index (κ1) is 10.1. The molecule has 0 spiro atoms. The Bertz CT molecular complexity index is 586. The van der Waals surface area contributed by atoms with Crippen LogP contribution in [0.1, 0.15) is 0 Å². The highest BCUT2D eigenvalue weighted by Crippen LogP contribution is 2.30. The number of thiophene rings is 1. The maximum absolute atomic E-state index is 10.8. The molecule has 0 aliphatic carbocycles. The van der Waals surface area contributed by atoms with Gasteiger partial charge in [-0.2, -0.15) is 8.42 Å². The van der Waals surface area contributed by atoms with Crippen molar-refractivity contribution >= 4 is 47.5 Å². The summed E-state index contributed by atoms with van der Waals surface area (Å²) in [6.45, 7) is 0. The molecule has 74 valence electrons. The summed E-state index contributed by atoms with van der Waals surface area (Å²) in [5.41, 5.74) is 0. The Kier molecular flexibility index (Phi) is 2.38. The average Bonchev–Trinajstić information content (AvgIpc) is 2.45. The van der Waals surface area contributed by atoms with Crippen molar-refractivity contribution in [3.63, 3.8) is 0 Å². The zero-order chi connectivity index (χ0) is 10.3. The molecule has 3 nitrogen and oxygen atoms in total. The number of halogens is 1. The van der Waals surface area contributed by atoms with E-state index in [-0.39, 0.29) is 4.21 Å². The molecule has 0 amide bonds. The van der Waals surface area contributed by atoms with E-state index in [1.54, 1.807) is 12.1 Å². The SMILES string of the molecule is O=S(=O)(O)c1cc2cc(Br)ccc2s1. The van der Waals surface area contributed by atoms with E-state index in [1.807, 2.05) is 6.07 Å². The summed E-state index contributed by atoms with van der Waals surface area (Å²) < 4.78 is 32.2. The molecule has 0 unspecified atom stereocenters. The summed E-state index contributed by atoms with van der Waals surface area (Å²) in [6, 6.07) is 6.89. The molecular weight excluding hydrogens is 288 g/mol. The van der Waals surface area contributed by atoms with Gasteiger partial charge < -0.3 is 0 Å². The Labute approximate surface area is 93.2 Å². The molecule has 0 aliphatic heterocycles. The lowest BCUT2D eigenvalue weighted by molar-refractivity contribution is 0.485. The molecule has 1 aromatic heterocycles. The van der Waals surface area contributed by atoms with Crippen LogP contribution in [0.3, 0.4) is 0 Å². The molecule has 2 aromatic rings. The minimum absolute atomic E-state index is 0.0226. The second-order valence-electron chi connectivity index (χ2n) is 2.72. The molecule has 0 saturated carbocycles. The van der Waals surface area contributed by atoms with Crippen LogP contribution in [0.15, 0.2) is 32.9 Å². The first-order chi connectivity index (χ1) is 6.47. The van der Waals surface area contributed by atoms with Crippen LogP contribution < -0.4 is 0 Å². The van der Waals surface area contributed by atoms with Crippen molar-refractivity contribution in [2.45, 2.75) is 4.21 Å². The number of fused-ring (bicyclic) bond motifs is 1. The number of rotatable bonds is 1. The van der Waals surface area contributed by atoms with E-state index in [9.17, 15) is 8.42 Å². The quantitative estimate of drug-likeness (QED) is 0.822. The van der Waals surface area contributed by atoms with Crippen molar-refractivity contribution < 1.29 is 13.0 Å². The van der Waals surface area contributed by atoms with Gasteiger partial charge >= 0.3 is 10.1 Å². The lowest BCUT2D eigenvalue weighted by Crippen LogP contribution is -1.92. The lowest BCUT2D eigenvalue weighted by Gasteiger charge is -1.88. The Hall–Kier alpha value is -0.430. The maximum atomic E-state index is 10.8. The summed E-state index contributed by atoms with van der Waals surface area (Å²) in [5.74, 6) is 0. The molecule has 0 aliphatic rings. The van der Waals surface area contributed by atoms with Crippen LogP contribution in [0, 0.1) is 0 Å². The molecule has 0 atom stereocenters. The summed E-state index contributed by atoms with van der Waals surface area (Å²) in [4.78, 5) is 0. The predicted molar refractivity (Wildman–Crippen MR) is 59.3 cm³/mol. The van der Waals surface area contributed by atoms with Gasteiger partial charge in [0.25, 0.3) is 0 Å². The van der Waals surface area contributed by atoms with Crippen molar-refractivity contribution in [2.75, 3.05) is 0 Å². The predicted octanol–water partition coefficient (Wildman–Crippen LogP) is 2.91. The van der Waals surface area contributed by atoms with Gasteiger partial charge in [0.15, 0.2) is 0 Å². The van der Waals surface area contributed by atoms with Gasteiger partial charge in [-0.15, -0.1) is 11.3 Å². The van der Waals surface area contributed by atoms with Crippen molar-refractivity contribution in [1.82, 2.24) is 0 Å². The van der Waals surface area contributed by atoms with Crippen LogP contribution in [-0.2, 0) is 10.1 Å². The van der Waals surface area contributed by atoms with Crippen LogP contribution in [0.5, 0.6) is 0 Å². The maximum Gasteiger partial charge on any atom is 0.304 e. The number of benzene rings is 1. The van der Waals surface area contributed by atoms with Crippen molar-refractivity contribution in [2.24, 2.45) is 0 Å². The Balaban J connectivity index is 2.75. The highest BCUT2D eigenvalue weighted by Gasteiger charge is 2.13. The standard InChI is InChI=1S/C8H5BrO3S2/c9-6-1-2-7-5(3-6)4-8(13-7)14(10,11)12/h1-4H,(H,10,11,12). The van der Waals surface area contributed by atoms with Gasteiger partial charge in [-0.3, -0.25) is 4.55 Å². The van der Waals surface area contributed by atoms with Gasteiger partial charge in [-0.05, 0) is 29.7 Å². The molecule has 1 heterocycles. The van der Waals surface area contributed by atoms with E-state index >= 15 is 0 Å². The van der Waals surface area contributed by atoms with E-state index in [2.05, 4.69) is 15.9 Å². The Morgan fingerprint density at radius 2 is 2.00 bits per heavy atom. The van der Waals surface area contributed by atoms with Crippen molar-refractivity contribution in [3.05, 3.63) is 28.7 Å². The summed E-state index contributed by atoms with van der Waals surface area (Å²) in [7, 11) is -4.07. The summed E-state index contributed by atoms with van der Waals surface area (Å²) >= 11 is 4.34. The third-order valence-electron chi connectivity index (χ3n) is 1.71. The molecule has 6 heteroatoms. The van der Waals surface area contributed by atoms with Gasteiger partial charge in [0.2, 0.25) is 0 Å². The minimum atomic E-state index is -4.07. The molecule has 1 N–H and O–H groups in total. The third-order valence-corrected chi connectivity index (χ3v) is 4.62. The van der Waals surface area contributed by atoms with Crippen LogP contribution in [0.2, 0.25) is 0 Å². The molecule has 0 radical (unpaired) electrons. The molecule has 14 heavy (non-hydrogen) atoms. The largest absolute Gasteiger partial charge is 0.304 e.